The van der Waals surface area contributed by atoms with E-state index in [0.717, 1.165) is 18.2 Å². The van der Waals surface area contributed by atoms with Gasteiger partial charge >= 0.3 is 0 Å². The van der Waals surface area contributed by atoms with E-state index in [-0.39, 0.29) is 12.1 Å². The molecule has 152 valence electrons. The van der Waals surface area contributed by atoms with Crippen molar-refractivity contribution in [1.82, 2.24) is 24.3 Å². The Labute approximate surface area is 168 Å². The van der Waals surface area contributed by atoms with Crippen LogP contribution < -0.4 is 10.1 Å². The molecule has 0 radical (unpaired) electrons. The van der Waals surface area contributed by atoms with Crippen LogP contribution in [0.3, 0.4) is 0 Å². The summed E-state index contributed by atoms with van der Waals surface area (Å²) in [5, 5.41) is 17.9. The van der Waals surface area contributed by atoms with Crippen LogP contribution in [0.2, 0.25) is 0 Å². The monoisotopic (exact) mass is 397 g/mol. The Balaban J connectivity index is 1.68. The molecule has 3 aromatic rings. The van der Waals surface area contributed by atoms with Gasteiger partial charge in [-0.25, -0.2) is 9.67 Å². The lowest BCUT2D eigenvalue weighted by Gasteiger charge is -2.15. The minimum atomic E-state index is -0.0480. The molecule has 29 heavy (non-hydrogen) atoms. The summed E-state index contributed by atoms with van der Waals surface area (Å²) in [5.74, 6) is 0.887. The van der Waals surface area contributed by atoms with Gasteiger partial charge in [0.05, 0.1) is 18.8 Å². The van der Waals surface area contributed by atoms with Gasteiger partial charge in [-0.3, -0.25) is 0 Å². The average molecular weight is 397 g/mol. The van der Waals surface area contributed by atoms with Crippen LogP contribution >= 0.6 is 0 Å². The van der Waals surface area contributed by atoms with E-state index in [2.05, 4.69) is 26.5 Å². The summed E-state index contributed by atoms with van der Waals surface area (Å²) < 4.78 is 19.8. The molecule has 1 aliphatic rings. The van der Waals surface area contributed by atoms with Gasteiger partial charge in [-0.05, 0) is 25.8 Å². The number of ether oxygens (including phenoxy) is 3. The smallest absolute Gasteiger partial charge is 0.257 e. The summed E-state index contributed by atoms with van der Waals surface area (Å²) in [6.45, 7) is 2.76. The molecule has 4 rings (SSSR count). The van der Waals surface area contributed by atoms with Gasteiger partial charge in [0.25, 0.3) is 5.88 Å². The Morgan fingerprint density at radius 2 is 2.17 bits per heavy atom. The number of nitriles is 1. The highest BCUT2D eigenvalue weighted by Gasteiger charge is 2.26. The van der Waals surface area contributed by atoms with Gasteiger partial charge in [0.1, 0.15) is 35.9 Å². The Kier molecular flexibility index (Phi) is 5.33. The van der Waals surface area contributed by atoms with Crippen LogP contribution in [0.5, 0.6) is 5.88 Å². The zero-order valence-electron chi connectivity index (χ0n) is 16.6. The Morgan fingerprint density at radius 3 is 2.86 bits per heavy atom. The molecule has 0 amide bonds. The minimum Gasteiger partial charge on any atom is -0.472 e. The highest BCUT2D eigenvalue weighted by molar-refractivity contribution is 5.79. The van der Waals surface area contributed by atoms with Crippen molar-refractivity contribution in [2.24, 2.45) is 0 Å². The number of anilines is 2. The molecule has 3 heterocycles. The molecule has 0 unspecified atom stereocenters. The lowest BCUT2D eigenvalue weighted by atomic mass is 10.3. The van der Waals surface area contributed by atoms with Crippen molar-refractivity contribution in [1.29, 1.82) is 5.26 Å². The number of fused-ring (bicyclic) bond motifs is 1. The summed E-state index contributed by atoms with van der Waals surface area (Å²) in [7, 11) is 3.24. The molecule has 1 aliphatic carbocycles. The van der Waals surface area contributed by atoms with Crippen molar-refractivity contribution in [3.05, 3.63) is 24.2 Å². The van der Waals surface area contributed by atoms with Crippen molar-refractivity contribution in [2.75, 3.05) is 26.1 Å². The van der Waals surface area contributed by atoms with Crippen LogP contribution in [0.25, 0.3) is 11.0 Å². The summed E-state index contributed by atoms with van der Waals surface area (Å²) in [4.78, 5) is 9.03. The van der Waals surface area contributed by atoms with Crippen LogP contribution in [0, 0.1) is 11.3 Å². The van der Waals surface area contributed by atoms with Gasteiger partial charge in [-0.15, -0.1) is 5.10 Å². The summed E-state index contributed by atoms with van der Waals surface area (Å²) in [6.07, 6.45) is 5.75. The van der Waals surface area contributed by atoms with Gasteiger partial charge in [0.15, 0.2) is 0 Å². The molecular formula is C19H23N7O3. The first-order valence-electron chi connectivity index (χ1n) is 9.40. The van der Waals surface area contributed by atoms with Crippen molar-refractivity contribution < 1.29 is 14.2 Å². The fourth-order valence-electron chi connectivity index (χ4n) is 3.16. The third-order valence-electron chi connectivity index (χ3n) is 4.58. The molecule has 0 saturated heterocycles. The maximum atomic E-state index is 9.51. The Hall–Kier alpha value is -3.16. The fraction of sp³-hybridized carbons (Fsp3) is 0.474. The van der Waals surface area contributed by atoms with Crippen LogP contribution in [-0.2, 0) is 16.2 Å². The van der Waals surface area contributed by atoms with E-state index in [0.29, 0.717) is 42.2 Å². The van der Waals surface area contributed by atoms with Gasteiger partial charge in [0.2, 0.25) is 5.95 Å². The van der Waals surface area contributed by atoms with Crippen LogP contribution in [0.4, 0.5) is 11.6 Å². The zero-order valence-corrected chi connectivity index (χ0v) is 16.6. The second-order valence-electron chi connectivity index (χ2n) is 7.04. The van der Waals surface area contributed by atoms with E-state index < -0.39 is 0 Å². The summed E-state index contributed by atoms with van der Waals surface area (Å²) >= 11 is 0. The van der Waals surface area contributed by atoms with Crippen LogP contribution in [-0.4, -0.2) is 51.2 Å². The molecule has 0 spiro atoms. The number of methoxy groups -OCH3 is 2. The molecule has 1 atom stereocenters. The molecular weight excluding hydrogens is 374 g/mol. The first-order chi connectivity index (χ1) is 14.1. The number of hydrogen-bond donors (Lipinski definition) is 1. The zero-order chi connectivity index (χ0) is 20.4. The predicted molar refractivity (Wildman–Crippen MR) is 105 cm³/mol. The van der Waals surface area contributed by atoms with Crippen LogP contribution in [0.1, 0.15) is 31.5 Å². The molecule has 1 fully saturated rings. The largest absolute Gasteiger partial charge is 0.472 e. The van der Waals surface area contributed by atoms with Gasteiger partial charge in [-0.1, -0.05) is 0 Å². The number of aromatic nitrogens is 5. The molecule has 10 heteroatoms. The predicted octanol–water partition coefficient (Wildman–Crippen LogP) is 2.60. The molecule has 0 aliphatic heterocycles. The standard InChI is InChI=1S/C19H23N7O3/c1-12(10-27-2)26-14(7-20)6-13-8-21-19(23-17(13)26)22-16-9-25(11-28-3)24-18(16)29-15-4-5-15/h6,8-9,12,15H,4-5,10-11H2,1-3H3,(H,21,22,23)/t12-/m0/s1. The van der Waals surface area contributed by atoms with Gasteiger partial charge in [-0.2, -0.15) is 10.2 Å². The maximum absolute atomic E-state index is 9.51. The van der Waals surface area contributed by atoms with Crippen molar-refractivity contribution in [2.45, 2.75) is 38.6 Å². The highest BCUT2D eigenvalue weighted by Crippen LogP contribution is 2.32. The first-order valence-corrected chi connectivity index (χ1v) is 9.40. The molecule has 0 bridgehead atoms. The quantitative estimate of drug-likeness (QED) is 0.586. The van der Waals surface area contributed by atoms with E-state index in [1.54, 1.807) is 37.4 Å². The lowest BCUT2D eigenvalue weighted by Crippen LogP contribution is -2.13. The van der Waals surface area contributed by atoms with Gasteiger partial charge < -0.3 is 24.1 Å². The summed E-state index contributed by atoms with van der Waals surface area (Å²) in [6, 6.07) is 3.95. The van der Waals surface area contributed by atoms with Crippen molar-refractivity contribution in [3.63, 3.8) is 0 Å². The number of hydrogen-bond acceptors (Lipinski definition) is 8. The molecule has 10 nitrogen and oxygen atoms in total. The normalized spacial score (nSPS) is 14.7. The molecule has 1 N–H and O–H groups in total. The van der Waals surface area contributed by atoms with Crippen molar-refractivity contribution in [3.8, 4) is 11.9 Å². The van der Waals surface area contributed by atoms with Crippen molar-refractivity contribution >= 4 is 22.7 Å². The molecule has 1 saturated carbocycles. The third kappa shape index (κ3) is 4.01. The molecule has 3 aromatic heterocycles. The lowest BCUT2D eigenvalue weighted by molar-refractivity contribution is 0.118. The second kappa shape index (κ2) is 8.06. The topological polar surface area (TPSA) is 112 Å². The van der Waals surface area contributed by atoms with E-state index >= 15 is 0 Å². The van der Waals surface area contributed by atoms with E-state index in [1.807, 2.05) is 11.5 Å². The highest BCUT2D eigenvalue weighted by atomic mass is 16.5. The second-order valence-corrected chi connectivity index (χ2v) is 7.04. The SMILES string of the molecule is COC[C@H](C)n1c(C#N)cc2cnc(Nc3cn(COC)nc3OC3CC3)nc21. The van der Waals surface area contributed by atoms with E-state index in [9.17, 15) is 5.26 Å². The average Bonchev–Trinajstić information content (AvgIpc) is 3.33. The Bertz CT molecular complexity index is 1050. The third-order valence-corrected chi connectivity index (χ3v) is 4.58. The minimum absolute atomic E-state index is 0.0480. The van der Waals surface area contributed by atoms with Gasteiger partial charge in [0, 0.05) is 25.8 Å². The Morgan fingerprint density at radius 1 is 1.34 bits per heavy atom. The summed E-state index contributed by atoms with van der Waals surface area (Å²) in [5.41, 5.74) is 1.84. The maximum Gasteiger partial charge on any atom is 0.257 e. The number of rotatable bonds is 9. The number of nitrogens with one attached hydrogen (secondary N) is 1. The van der Waals surface area contributed by atoms with E-state index in [1.165, 1.54) is 0 Å². The molecule has 0 aromatic carbocycles. The fourth-order valence-corrected chi connectivity index (χ4v) is 3.16. The van der Waals surface area contributed by atoms with E-state index in [4.69, 9.17) is 14.2 Å². The number of nitrogens with zero attached hydrogens (tertiary/aromatic N) is 6. The van der Waals surface area contributed by atoms with Crippen LogP contribution in [0.15, 0.2) is 18.5 Å². The first kappa shape index (κ1) is 19.2.